The first-order chi connectivity index (χ1) is 12.1. The van der Waals surface area contributed by atoms with E-state index in [1.807, 2.05) is 67.6 Å². The molecule has 1 aliphatic heterocycles. The van der Waals surface area contributed by atoms with Crippen LogP contribution in [0.25, 0.3) is 11.8 Å². The fourth-order valence-corrected chi connectivity index (χ4v) is 2.89. The van der Waals surface area contributed by atoms with E-state index in [0.717, 1.165) is 11.3 Å². The largest absolute Gasteiger partial charge is 0.420 e. The van der Waals surface area contributed by atoms with E-state index < -0.39 is 0 Å². The third-order valence-corrected chi connectivity index (χ3v) is 4.09. The van der Waals surface area contributed by atoms with Crippen molar-refractivity contribution in [1.29, 1.82) is 10.8 Å². The van der Waals surface area contributed by atoms with Gasteiger partial charge in [0.1, 0.15) is 0 Å². The first kappa shape index (κ1) is 15.1. The Kier molecular flexibility index (Phi) is 3.54. The molecule has 5 heteroatoms. The van der Waals surface area contributed by atoms with Gasteiger partial charge in [-0.3, -0.25) is 10.8 Å². The van der Waals surface area contributed by atoms with Gasteiger partial charge in [0.25, 0.3) is 0 Å². The van der Waals surface area contributed by atoms with Gasteiger partial charge in [-0.25, -0.2) is 0 Å². The molecule has 0 atom stereocenters. The van der Waals surface area contributed by atoms with Gasteiger partial charge in [-0.2, -0.15) is 9.78 Å². The van der Waals surface area contributed by atoms with E-state index in [1.165, 1.54) is 0 Å². The van der Waals surface area contributed by atoms with Gasteiger partial charge >= 0.3 is 0 Å². The number of fused-ring (bicyclic) bond motifs is 1. The number of hydrogen-bond donors (Lipinski definition) is 2. The summed E-state index contributed by atoms with van der Waals surface area (Å²) in [6.45, 7) is 1.85. The van der Waals surface area contributed by atoms with Crippen molar-refractivity contribution in [2.75, 3.05) is 0 Å². The third kappa shape index (κ3) is 2.55. The highest BCUT2D eigenvalue weighted by atomic mass is 16.5. The molecule has 1 aliphatic rings. The number of nitrogens with one attached hydrogen (secondary N) is 2. The summed E-state index contributed by atoms with van der Waals surface area (Å²) in [5, 5.41) is 21.3. The summed E-state index contributed by atoms with van der Waals surface area (Å²) in [6, 6.07) is 19.2. The van der Waals surface area contributed by atoms with Crippen molar-refractivity contribution < 1.29 is 4.74 Å². The summed E-state index contributed by atoms with van der Waals surface area (Å²) in [4.78, 5) is 0. The number of rotatable bonds is 2. The summed E-state index contributed by atoms with van der Waals surface area (Å²) in [6.07, 6.45) is 1.80. The van der Waals surface area contributed by atoms with E-state index in [9.17, 15) is 0 Å². The molecule has 0 aliphatic carbocycles. The number of ether oxygens (including phenoxy) is 1. The second-order valence-electron chi connectivity index (χ2n) is 5.79. The van der Waals surface area contributed by atoms with Crippen molar-refractivity contribution in [2.45, 2.75) is 6.92 Å². The molecule has 0 spiro atoms. The van der Waals surface area contributed by atoms with Gasteiger partial charge in [-0.1, -0.05) is 48.5 Å². The van der Waals surface area contributed by atoms with Crippen LogP contribution in [0.5, 0.6) is 5.88 Å². The highest BCUT2D eigenvalue weighted by Gasteiger charge is 2.32. The summed E-state index contributed by atoms with van der Waals surface area (Å²) in [7, 11) is 0. The fraction of sp³-hybridized carbons (Fsp3) is 0.0500. The average Bonchev–Trinajstić information content (AvgIpc) is 2.96. The number of aromatic nitrogens is 2. The first-order valence-corrected chi connectivity index (χ1v) is 7.93. The van der Waals surface area contributed by atoms with Crippen LogP contribution in [0.15, 0.2) is 66.2 Å². The van der Waals surface area contributed by atoms with E-state index in [4.69, 9.17) is 15.6 Å². The molecular formula is C20H16N4O. The minimum absolute atomic E-state index is 0.0431. The summed E-state index contributed by atoms with van der Waals surface area (Å²) in [5.41, 5.74) is 3.80. The summed E-state index contributed by atoms with van der Waals surface area (Å²) in [5.74, 6) is 0.377. The SMILES string of the molecule is Cc1nn(-c2ccccc2)c2c1C(=N)/C(=C\c1ccccc1)C(=N)O2. The third-order valence-electron chi connectivity index (χ3n) is 4.09. The maximum atomic E-state index is 8.58. The predicted molar refractivity (Wildman–Crippen MR) is 97.9 cm³/mol. The molecule has 2 heterocycles. The minimum Gasteiger partial charge on any atom is -0.420 e. The molecule has 5 nitrogen and oxygen atoms in total. The second kappa shape index (κ2) is 5.87. The monoisotopic (exact) mass is 328 g/mol. The molecule has 0 saturated heterocycles. The lowest BCUT2D eigenvalue weighted by atomic mass is 9.98. The Morgan fingerprint density at radius 2 is 1.60 bits per heavy atom. The predicted octanol–water partition coefficient (Wildman–Crippen LogP) is 4.00. The Morgan fingerprint density at radius 3 is 2.28 bits per heavy atom. The van der Waals surface area contributed by atoms with Crippen molar-refractivity contribution in [3.05, 3.63) is 83.1 Å². The Labute approximate surface area is 145 Å². The first-order valence-electron chi connectivity index (χ1n) is 7.93. The Balaban J connectivity index is 1.83. The molecule has 0 unspecified atom stereocenters. The highest BCUT2D eigenvalue weighted by molar-refractivity contribution is 6.32. The quantitative estimate of drug-likeness (QED) is 0.746. The van der Waals surface area contributed by atoms with Gasteiger partial charge in [0.05, 0.1) is 28.2 Å². The lowest BCUT2D eigenvalue weighted by Crippen LogP contribution is -2.25. The van der Waals surface area contributed by atoms with Gasteiger partial charge in [0.2, 0.25) is 11.8 Å². The fourth-order valence-electron chi connectivity index (χ4n) is 2.89. The molecule has 2 aromatic carbocycles. The van der Waals surface area contributed by atoms with E-state index in [0.29, 0.717) is 22.7 Å². The molecule has 4 rings (SSSR count). The van der Waals surface area contributed by atoms with Crippen LogP contribution >= 0.6 is 0 Å². The Hall–Kier alpha value is -3.47. The van der Waals surface area contributed by atoms with Crippen molar-refractivity contribution in [1.82, 2.24) is 9.78 Å². The molecule has 0 fully saturated rings. The normalized spacial score (nSPS) is 15.2. The van der Waals surface area contributed by atoms with Crippen LogP contribution in [0, 0.1) is 17.7 Å². The summed E-state index contributed by atoms with van der Waals surface area (Å²) >= 11 is 0. The van der Waals surface area contributed by atoms with Crippen LogP contribution in [0.2, 0.25) is 0 Å². The van der Waals surface area contributed by atoms with Gasteiger partial charge in [0, 0.05) is 0 Å². The van der Waals surface area contributed by atoms with Crippen LogP contribution in [-0.4, -0.2) is 21.4 Å². The smallest absolute Gasteiger partial charge is 0.234 e. The van der Waals surface area contributed by atoms with Gasteiger partial charge in [-0.15, -0.1) is 0 Å². The molecule has 3 aromatic rings. The number of benzene rings is 2. The lowest BCUT2D eigenvalue weighted by molar-refractivity contribution is 0.496. The van der Waals surface area contributed by atoms with Crippen LogP contribution in [-0.2, 0) is 0 Å². The molecule has 2 N–H and O–H groups in total. The van der Waals surface area contributed by atoms with Crippen LogP contribution in [0.4, 0.5) is 0 Å². The van der Waals surface area contributed by atoms with Crippen LogP contribution in [0.3, 0.4) is 0 Å². The number of para-hydroxylation sites is 1. The zero-order valence-corrected chi connectivity index (χ0v) is 13.7. The van der Waals surface area contributed by atoms with Crippen molar-refractivity contribution in [3.63, 3.8) is 0 Å². The van der Waals surface area contributed by atoms with Crippen LogP contribution < -0.4 is 4.74 Å². The maximum Gasteiger partial charge on any atom is 0.234 e. The molecular weight excluding hydrogens is 312 g/mol. The minimum atomic E-state index is -0.0431. The average molecular weight is 328 g/mol. The number of hydrogen-bond acceptors (Lipinski definition) is 4. The second-order valence-corrected chi connectivity index (χ2v) is 5.79. The van der Waals surface area contributed by atoms with Crippen molar-refractivity contribution in [3.8, 4) is 11.6 Å². The van der Waals surface area contributed by atoms with E-state index in [-0.39, 0.29) is 11.6 Å². The molecule has 0 bridgehead atoms. The van der Waals surface area contributed by atoms with E-state index in [2.05, 4.69) is 5.10 Å². The molecule has 1 aromatic heterocycles. The lowest BCUT2D eigenvalue weighted by Gasteiger charge is -2.19. The van der Waals surface area contributed by atoms with E-state index >= 15 is 0 Å². The highest BCUT2D eigenvalue weighted by Crippen LogP contribution is 2.33. The van der Waals surface area contributed by atoms with Gasteiger partial charge in [0.15, 0.2) is 0 Å². The maximum absolute atomic E-state index is 8.58. The van der Waals surface area contributed by atoms with Crippen LogP contribution in [0.1, 0.15) is 16.8 Å². The topological polar surface area (TPSA) is 74.8 Å². The molecule has 0 saturated carbocycles. The van der Waals surface area contributed by atoms with Gasteiger partial charge < -0.3 is 4.74 Å². The van der Waals surface area contributed by atoms with E-state index in [1.54, 1.807) is 10.8 Å². The summed E-state index contributed by atoms with van der Waals surface area (Å²) < 4.78 is 7.41. The number of nitrogens with zero attached hydrogens (tertiary/aromatic N) is 2. The number of aryl methyl sites for hydroxylation is 1. The Morgan fingerprint density at radius 1 is 0.960 bits per heavy atom. The Bertz CT molecular complexity index is 1000. The zero-order valence-electron chi connectivity index (χ0n) is 13.7. The molecule has 122 valence electrons. The molecule has 25 heavy (non-hydrogen) atoms. The van der Waals surface area contributed by atoms with Gasteiger partial charge in [-0.05, 0) is 30.7 Å². The molecule has 0 amide bonds. The van der Waals surface area contributed by atoms with Crippen molar-refractivity contribution in [2.24, 2.45) is 0 Å². The zero-order chi connectivity index (χ0) is 17.4. The van der Waals surface area contributed by atoms with Crippen molar-refractivity contribution >= 4 is 17.7 Å². The molecule has 0 radical (unpaired) electrons. The standard InChI is InChI=1S/C20H16N4O/c1-13-17-18(21)16(12-14-8-4-2-5-9-14)19(22)25-20(17)24(23-13)15-10-6-3-7-11-15/h2-12,21-22H,1H3/b16-12+,21-18?,22-19?.